The normalized spacial score (nSPS) is 19.2. The van der Waals surface area contributed by atoms with Crippen molar-refractivity contribution in [1.29, 1.82) is 0 Å². The van der Waals surface area contributed by atoms with E-state index in [2.05, 4.69) is 0 Å². The topological polar surface area (TPSA) is 46.5 Å². The number of carboxylic acid groups (broad SMARTS) is 1. The minimum Gasteiger partial charge on any atom is -0.493 e. The zero-order valence-corrected chi connectivity index (χ0v) is 9.99. The van der Waals surface area contributed by atoms with Gasteiger partial charge in [0.1, 0.15) is 11.6 Å². The molecule has 0 aromatic heterocycles. The molecule has 1 saturated carbocycles. The van der Waals surface area contributed by atoms with Crippen molar-refractivity contribution in [1.82, 2.24) is 0 Å². The molecule has 0 radical (unpaired) electrons. The molecule has 1 fully saturated rings. The van der Waals surface area contributed by atoms with Crippen molar-refractivity contribution in [2.75, 3.05) is 6.61 Å². The lowest BCUT2D eigenvalue weighted by atomic mass is 9.88. The third-order valence-corrected chi connectivity index (χ3v) is 3.80. The predicted molar refractivity (Wildman–Crippen MR) is 63.3 cm³/mol. The standard InChI is InChI=1S/C14H15FO3/c15-11-4-3-9-5-6-18-14(9)13(11)10(7-12(16)17)8-1-2-8/h3-4,8,10H,1-2,5-7H2,(H,16,17). The van der Waals surface area contributed by atoms with Crippen molar-refractivity contribution < 1.29 is 19.0 Å². The third-order valence-electron chi connectivity index (χ3n) is 3.80. The summed E-state index contributed by atoms with van der Waals surface area (Å²) in [6.45, 7) is 0.566. The van der Waals surface area contributed by atoms with Crippen LogP contribution in [0.15, 0.2) is 12.1 Å². The summed E-state index contributed by atoms with van der Waals surface area (Å²) in [5, 5.41) is 9.00. The minimum absolute atomic E-state index is 0.0125. The zero-order chi connectivity index (χ0) is 12.7. The number of benzene rings is 1. The van der Waals surface area contributed by atoms with Gasteiger partial charge in [0.15, 0.2) is 0 Å². The van der Waals surface area contributed by atoms with E-state index < -0.39 is 5.97 Å². The molecule has 1 N–H and O–H groups in total. The summed E-state index contributed by atoms with van der Waals surface area (Å²) < 4.78 is 19.6. The average molecular weight is 250 g/mol. The van der Waals surface area contributed by atoms with Gasteiger partial charge in [0.25, 0.3) is 0 Å². The van der Waals surface area contributed by atoms with Crippen molar-refractivity contribution in [3.63, 3.8) is 0 Å². The summed E-state index contributed by atoms with van der Waals surface area (Å²) in [5.41, 5.74) is 1.50. The van der Waals surface area contributed by atoms with Crippen LogP contribution in [0.1, 0.15) is 36.3 Å². The Balaban J connectivity index is 2.03. The maximum Gasteiger partial charge on any atom is 0.303 e. The number of hydrogen-bond acceptors (Lipinski definition) is 2. The van der Waals surface area contributed by atoms with E-state index in [1.54, 1.807) is 6.07 Å². The fourth-order valence-corrected chi connectivity index (χ4v) is 2.79. The molecular weight excluding hydrogens is 235 g/mol. The molecule has 0 saturated heterocycles. The van der Waals surface area contributed by atoms with Crippen LogP contribution in [0.4, 0.5) is 4.39 Å². The molecule has 1 aliphatic heterocycles. The first-order valence-corrected chi connectivity index (χ1v) is 6.32. The highest BCUT2D eigenvalue weighted by Gasteiger charge is 2.38. The first kappa shape index (κ1) is 11.5. The number of fused-ring (bicyclic) bond motifs is 1. The number of hydrogen-bond donors (Lipinski definition) is 1. The molecule has 0 bridgehead atoms. The highest BCUT2D eigenvalue weighted by atomic mass is 19.1. The fourth-order valence-electron chi connectivity index (χ4n) is 2.79. The quantitative estimate of drug-likeness (QED) is 0.893. The summed E-state index contributed by atoms with van der Waals surface area (Å²) in [6.07, 6.45) is 2.75. The van der Waals surface area contributed by atoms with Crippen LogP contribution in [0.3, 0.4) is 0 Å². The van der Waals surface area contributed by atoms with Gasteiger partial charge in [0, 0.05) is 17.9 Å². The zero-order valence-electron chi connectivity index (χ0n) is 9.99. The smallest absolute Gasteiger partial charge is 0.303 e. The molecule has 4 heteroatoms. The van der Waals surface area contributed by atoms with Gasteiger partial charge in [-0.3, -0.25) is 4.79 Å². The lowest BCUT2D eigenvalue weighted by molar-refractivity contribution is -0.137. The molecule has 1 heterocycles. The Kier molecular flexibility index (Phi) is 2.73. The van der Waals surface area contributed by atoms with E-state index in [9.17, 15) is 9.18 Å². The van der Waals surface area contributed by atoms with Crippen molar-refractivity contribution in [3.8, 4) is 5.75 Å². The van der Waals surface area contributed by atoms with Gasteiger partial charge in [-0.25, -0.2) is 4.39 Å². The molecule has 96 valence electrons. The minimum atomic E-state index is -0.873. The van der Waals surface area contributed by atoms with Crippen molar-refractivity contribution in [2.45, 2.75) is 31.6 Å². The highest BCUT2D eigenvalue weighted by molar-refractivity contribution is 5.68. The summed E-state index contributed by atoms with van der Waals surface area (Å²) in [4.78, 5) is 11.0. The molecule has 1 aliphatic carbocycles. The van der Waals surface area contributed by atoms with E-state index in [0.29, 0.717) is 23.8 Å². The fraction of sp³-hybridized carbons (Fsp3) is 0.500. The summed E-state index contributed by atoms with van der Waals surface area (Å²) >= 11 is 0. The molecule has 1 aromatic rings. The molecule has 1 unspecified atom stereocenters. The van der Waals surface area contributed by atoms with Crippen molar-refractivity contribution in [3.05, 3.63) is 29.1 Å². The van der Waals surface area contributed by atoms with Crippen molar-refractivity contribution in [2.24, 2.45) is 5.92 Å². The number of aliphatic carboxylic acids is 1. The van der Waals surface area contributed by atoms with Crippen LogP contribution in [0.5, 0.6) is 5.75 Å². The predicted octanol–water partition coefficient (Wildman–Crippen LogP) is 2.73. The van der Waals surface area contributed by atoms with Gasteiger partial charge in [-0.1, -0.05) is 6.07 Å². The van der Waals surface area contributed by atoms with Crippen molar-refractivity contribution >= 4 is 5.97 Å². The average Bonchev–Trinajstić information content (AvgIpc) is 3.05. The number of ether oxygens (including phenoxy) is 1. The third kappa shape index (κ3) is 1.96. The molecular formula is C14H15FO3. The maximum absolute atomic E-state index is 14.1. The van der Waals surface area contributed by atoms with E-state index in [0.717, 1.165) is 24.8 Å². The first-order valence-electron chi connectivity index (χ1n) is 6.32. The Morgan fingerprint density at radius 3 is 2.94 bits per heavy atom. The number of carbonyl (C=O) groups is 1. The molecule has 1 aromatic carbocycles. The second kappa shape index (κ2) is 4.26. The molecule has 18 heavy (non-hydrogen) atoms. The highest BCUT2D eigenvalue weighted by Crippen LogP contribution is 2.49. The van der Waals surface area contributed by atoms with Crippen LogP contribution in [0.25, 0.3) is 0 Å². The van der Waals surface area contributed by atoms with Gasteiger partial charge in [-0.15, -0.1) is 0 Å². The van der Waals surface area contributed by atoms with Gasteiger partial charge in [0.05, 0.1) is 13.0 Å². The lowest BCUT2D eigenvalue weighted by Gasteiger charge is -2.18. The van der Waals surface area contributed by atoms with E-state index in [-0.39, 0.29) is 18.2 Å². The monoisotopic (exact) mass is 250 g/mol. The van der Waals surface area contributed by atoms with Crippen LogP contribution >= 0.6 is 0 Å². The number of halogens is 1. The Hall–Kier alpha value is -1.58. The molecule has 1 atom stereocenters. The Morgan fingerprint density at radius 2 is 2.28 bits per heavy atom. The lowest BCUT2D eigenvalue weighted by Crippen LogP contribution is -2.11. The van der Waals surface area contributed by atoms with Gasteiger partial charge in [0.2, 0.25) is 0 Å². The Labute approximate surface area is 105 Å². The van der Waals surface area contributed by atoms with Crippen LogP contribution in [-0.4, -0.2) is 17.7 Å². The first-order chi connectivity index (χ1) is 8.66. The van der Waals surface area contributed by atoms with Crippen LogP contribution in [0.2, 0.25) is 0 Å². The van der Waals surface area contributed by atoms with Crippen LogP contribution in [-0.2, 0) is 11.2 Å². The number of rotatable bonds is 4. The molecule has 3 rings (SSSR count). The Bertz CT molecular complexity index is 494. The maximum atomic E-state index is 14.1. The van der Waals surface area contributed by atoms with Crippen LogP contribution in [0, 0.1) is 11.7 Å². The van der Waals surface area contributed by atoms with E-state index in [4.69, 9.17) is 9.84 Å². The largest absolute Gasteiger partial charge is 0.493 e. The van der Waals surface area contributed by atoms with E-state index in [1.165, 1.54) is 6.07 Å². The van der Waals surface area contributed by atoms with E-state index >= 15 is 0 Å². The second-order valence-electron chi connectivity index (χ2n) is 5.09. The summed E-state index contributed by atoms with van der Waals surface area (Å²) in [7, 11) is 0. The molecule has 3 nitrogen and oxygen atoms in total. The van der Waals surface area contributed by atoms with Crippen LogP contribution < -0.4 is 4.74 Å². The second-order valence-corrected chi connectivity index (χ2v) is 5.09. The van der Waals surface area contributed by atoms with Gasteiger partial charge in [-0.05, 0) is 30.4 Å². The van der Waals surface area contributed by atoms with Gasteiger partial charge < -0.3 is 9.84 Å². The summed E-state index contributed by atoms with van der Waals surface area (Å²) in [5.74, 6) is -0.536. The molecule has 0 spiro atoms. The van der Waals surface area contributed by atoms with Gasteiger partial charge in [-0.2, -0.15) is 0 Å². The van der Waals surface area contributed by atoms with E-state index in [1.807, 2.05) is 0 Å². The summed E-state index contributed by atoms with van der Waals surface area (Å²) in [6, 6.07) is 3.19. The SMILES string of the molecule is O=C(O)CC(c1c(F)ccc2c1OCC2)C1CC1. The van der Waals surface area contributed by atoms with Gasteiger partial charge >= 0.3 is 5.97 Å². The molecule has 2 aliphatic rings. The number of carboxylic acids is 1. The molecule has 0 amide bonds. The Morgan fingerprint density at radius 1 is 1.50 bits per heavy atom.